The lowest BCUT2D eigenvalue weighted by atomic mass is 10.1. The number of carboxylic acid groups (broad SMARTS) is 1. The van der Waals surface area contributed by atoms with Gasteiger partial charge in [-0.3, -0.25) is 9.59 Å². The van der Waals surface area contributed by atoms with Crippen molar-refractivity contribution in [2.24, 2.45) is 0 Å². The molecular weight excluding hydrogens is 401 g/mol. The van der Waals surface area contributed by atoms with Crippen molar-refractivity contribution < 1.29 is 28.6 Å². The highest BCUT2D eigenvalue weighted by Gasteiger charge is 2.19. The number of rotatable bonds is 10. The highest BCUT2D eigenvalue weighted by Crippen LogP contribution is 2.31. The van der Waals surface area contributed by atoms with Crippen LogP contribution in [-0.4, -0.2) is 41.6 Å². The summed E-state index contributed by atoms with van der Waals surface area (Å²) in [5, 5.41) is 9.15. The van der Waals surface area contributed by atoms with E-state index in [9.17, 15) is 14.0 Å². The van der Waals surface area contributed by atoms with E-state index < -0.39 is 24.2 Å². The van der Waals surface area contributed by atoms with Gasteiger partial charge in [-0.2, -0.15) is 0 Å². The smallest absolute Gasteiger partial charge is 0.323 e. The number of ether oxygens (including phenoxy) is 2. The van der Waals surface area contributed by atoms with Gasteiger partial charge in [0.25, 0.3) is 5.91 Å². The molecule has 0 atom stereocenters. The largest absolute Gasteiger partial charge is 0.480 e. The van der Waals surface area contributed by atoms with Crippen molar-refractivity contribution in [1.82, 2.24) is 4.90 Å². The Morgan fingerprint density at radius 2 is 1.52 bits per heavy atom. The molecule has 160 valence electrons. The summed E-state index contributed by atoms with van der Waals surface area (Å²) in [6.45, 7) is -0.823. The maximum atomic E-state index is 13.8. The van der Waals surface area contributed by atoms with Crippen molar-refractivity contribution >= 4 is 11.9 Å². The number of para-hydroxylation sites is 3. The molecule has 0 saturated heterocycles. The molecular formula is C24H22FNO5. The van der Waals surface area contributed by atoms with E-state index in [0.717, 1.165) is 4.90 Å². The molecule has 3 aromatic carbocycles. The van der Waals surface area contributed by atoms with Crippen molar-refractivity contribution in [3.63, 3.8) is 0 Å². The fraction of sp³-hybridized carbons (Fsp3) is 0.167. The van der Waals surface area contributed by atoms with Crippen LogP contribution in [0, 0.1) is 5.82 Å². The molecule has 0 aliphatic rings. The molecule has 3 rings (SSSR count). The van der Waals surface area contributed by atoms with E-state index in [1.165, 1.54) is 6.07 Å². The minimum Gasteiger partial charge on any atom is -0.480 e. The summed E-state index contributed by atoms with van der Waals surface area (Å²) >= 11 is 0. The molecule has 1 amide bonds. The Hall–Kier alpha value is -3.87. The molecule has 1 N–H and O–H groups in total. The lowest BCUT2D eigenvalue weighted by molar-refractivity contribution is -0.145. The van der Waals surface area contributed by atoms with Crippen LogP contribution in [0.1, 0.15) is 5.56 Å². The van der Waals surface area contributed by atoms with Gasteiger partial charge in [0.2, 0.25) is 0 Å². The van der Waals surface area contributed by atoms with Gasteiger partial charge in [0.15, 0.2) is 18.1 Å². The number of aliphatic carboxylic acids is 1. The first-order valence-corrected chi connectivity index (χ1v) is 9.70. The number of carbonyl (C=O) groups excluding carboxylic acids is 1. The average Bonchev–Trinajstić information content (AvgIpc) is 2.77. The third-order valence-electron chi connectivity index (χ3n) is 4.46. The van der Waals surface area contributed by atoms with Crippen LogP contribution in [0.2, 0.25) is 0 Å². The molecule has 0 fully saturated rings. The van der Waals surface area contributed by atoms with E-state index in [1.807, 2.05) is 18.2 Å². The summed E-state index contributed by atoms with van der Waals surface area (Å²) in [4.78, 5) is 25.0. The Balaban J connectivity index is 1.64. The summed E-state index contributed by atoms with van der Waals surface area (Å²) in [5.41, 5.74) is 0.410. The number of carboxylic acids is 1. The van der Waals surface area contributed by atoms with E-state index in [0.29, 0.717) is 22.8 Å². The molecule has 3 aromatic rings. The summed E-state index contributed by atoms with van der Waals surface area (Å²) in [5.74, 6) is -0.680. The maximum Gasteiger partial charge on any atom is 0.323 e. The average molecular weight is 423 g/mol. The van der Waals surface area contributed by atoms with E-state index in [4.69, 9.17) is 14.6 Å². The predicted molar refractivity (Wildman–Crippen MR) is 113 cm³/mol. The second kappa shape index (κ2) is 10.8. The quantitative estimate of drug-likeness (QED) is 0.530. The molecule has 31 heavy (non-hydrogen) atoms. The molecule has 6 nitrogen and oxygen atoms in total. The van der Waals surface area contributed by atoms with Crippen molar-refractivity contribution in [3.05, 3.63) is 90.2 Å². The monoisotopic (exact) mass is 423 g/mol. The van der Waals surface area contributed by atoms with E-state index >= 15 is 0 Å². The van der Waals surface area contributed by atoms with E-state index in [2.05, 4.69) is 0 Å². The number of nitrogens with zero attached hydrogens (tertiary/aromatic N) is 1. The molecule has 0 heterocycles. The van der Waals surface area contributed by atoms with Gasteiger partial charge in [0.05, 0.1) is 0 Å². The minimum atomic E-state index is -1.16. The molecule has 0 spiro atoms. The maximum absolute atomic E-state index is 13.8. The Morgan fingerprint density at radius 1 is 0.871 bits per heavy atom. The van der Waals surface area contributed by atoms with Crippen LogP contribution >= 0.6 is 0 Å². The number of halogens is 1. The molecule has 0 saturated carbocycles. The molecule has 7 heteroatoms. The molecule has 0 aromatic heterocycles. The molecule has 0 bridgehead atoms. The second-order valence-corrected chi connectivity index (χ2v) is 6.70. The van der Waals surface area contributed by atoms with Gasteiger partial charge in [0.1, 0.15) is 18.1 Å². The van der Waals surface area contributed by atoms with Gasteiger partial charge >= 0.3 is 5.97 Å². The fourth-order valence-corrected chi connectivity index (χ4v) is 2.91. The number of hydrogen-bond donors (Lipinski definition) is 1. The third kappa shape index (κ3) is 6.57. The first-order chi connectivity index (χ1) is 15.0. The lowest BCUT2D eigenvalue weighted by Gasteiger charge is -2.21. The van der Waals surface area contributed by atoms with E-state index in [-0.39, 0.29) is 19.6 Å². The zero-order valence-corrected chi connectivity index (χ0v) is 16.7. The summed E-state index contributed by atoms with van der Waals surface area (Å²) < 4.78 is 25.3. The summed E-state index contributed by atoms with van der Waals surface area (Å²) in [6.07, 6.45) is 0.194. The fourth-order valence-electron chi connectivity index (χ4n) is 2.91. The van der Waals surface area contributed by atoms with Crippen molar-refractivity contribution in [2.45, 2.75) is 6.42 Å². The van der Waals surface area contributed by atoms with Crippen LogP contribution in [0.4, 0.5) is 4.39 Å². The number of benzene rings is 3. The molecule has 0 unspecified atom stereocenters. The van der Waals surface area contributed by atoms with Crippen LogP contribution in [0.15, 0.2) is 78.9 Å². The van der Waals surface area contributed by atoms with E-state index in [1.54, 1.807) is 54.6 Å². The SMILES string of the molecule is O=C(O)CN(CCc1ccccc1F)C(=O)COc1ccccc1Oc1ccccc1. The Morgan fingerprint density at radius 3 is 2.23 bits per heavy atom. The van der Waals surface area contributed by atoms with Crippen molar-refractivity contribution in [3.8, 4) is 17.2 Å². The van der Waals surface area contributed by atoms with Gasteiger partial charge in [-0.15, -0.1) is 0 Å². The van der Waals surface area contributed by atoms with Gasteiger partial charge in [-0.1, -0.05) is 48.5 Å². The van der Waals surface area contributed by atoms with Crippen LogP contribution in [0.5, 0.6) is 17.2 Å². The van der Waals surface area contributed by atoms with Gasteiger partial charge in [-0.05, 0) is 42.3 Å². The normalized spacial score (nSPS) is 10.4. The number of amides is 1. The minimum absolute atomic E-state index is 0.0532. The van der Waals surface area contributed by atoms with Crippen LogP contribution in [0.25, 0.3) is 0 Å². The van der Waals surface area contributed by atoms with Crippen LogP contribution < -0.4 is 9.47 Å². The Bertz CT molecular complexity index is 1030. The van der Waals surface area contributed by atoms with Crippen molar-refractivity contribution in [2.75, 3.05) is 19.7 Å². The number of hydrogen-bond acceptors (Lipinski definition) is 4. The Kier molecular flexibility index (Phi) is 7.59. The van der Waals surface area contributed by atoms with Gasteiger partial charge in [0, 0.05) is 6.54 Å². The number of carbonyl (C=O) groups is 2. The third-order valence-corrected chi connectivity index (χ3v) is 4.46. The van der Waals surface area contributed by atoms with Crippen LogP contribution in [0.3, 0.4) is 0 Å². The first-order valence-electron chi connectivity index (χ1n) is 9.70. The van der Waals surface area contributed by atoms with Crippen LogP contribution in [-0.2, 0) is 16.0 Å². The molecule has 0 aliphatic carbocycles. The molecule has 0 aliphatic heterocycles. The highest BCUT2D eigenvalue weighted by atomic mass is 19.1. The second-order valence-electron chi connectivity index (χ2n) is 6.70. The summed E-state index contributed by atoms with van der Waals surface area (Å²) in [6, 6.07) is 22.2. The zero-order chi connectivity index (χ0) is 22.1. The highest BCUT2D eigenvalue weighted by molar-refractivity contribution is 5.82. The predicted octanol–water partition coefficient (Wildman–Crippen LogP) is 4.15. The van der Waals surface area contributed by atoms with Gasteiger partial charge in [-0.25, -0.2) is 4.39 Å². The standard InChI is InChI=1S/C24H22FNO5/c25-20-11-5-4-8-18(20)14-15-26(16-24(28)29)23(27)17-30-21-12-6-7-13-22(21)31-19-9-2-1-3-10-19/h1-13H,14-17H2,(H,28,29). The zero-order valence-electron chi connectivity index (χ0n) is 16.7. The van der Waals surface area contributed by atoms with Gasteiger partial charge < -0.3 is 19.5 Å². The lowest BCUT2D eigenvalue weighted by Crippen LogP contribution is -2.40. The Labute approximate surface area is 179 Å². The topological polar surface area (TPSA) is 76.1 Å². The first kappa shape index (κ1) is 21.8. The summed E-state index contributed by atoms with van der Waals surface area (Å²) in [7, 11) is 0. The van der Waals surface area contributed by atoms with Crippen molar-refractivity contribution in [1.29, 1.82) is 0 Å². The molecule has 0 radical (unpaired) electrons.